The molecule has 0 unspecified atom stereocenters. The van der Waals surface area contributed by atoms with Gasteiger partial charge in [0.2, 0.25) is 0 Å². The van der Waals surface area contributed by atoms with Gasteiger partial charge in [0, 0.05) is 30.4 Å². The first kappa shape index (κ1) is 28.9. The molecule has 0 aliphatic heterocycles. The van der Waals surface area contributed by atoms with Crippen molar-refractivity contribution in [3.63, 3.8) is 0 Å². The van der Waals surface area contributed by atoms with E-state index in [-0.39, 0.29) is 36.8 Å². The van der Waals surface area contributed by atoms with Crippen molar-refractivity contribution < 1.29 is 22.3 Å². The van der Waals surface area contributed by atoms with Crippen LogP contribution in [0.15, 0.2) is 24.5 Å². The second-order valence-corrected chi connectivity index (χ2v) is 8.63. The Morgan fingerprint density at radius 3 is 2.43 bits per heavy atom. The van der Waals surface area contributed by atoms with Crippen LogP contribution in [0, 0.1) is 5.82 Å². The van der Waals surface area contributed by atoms with E-state index >= 15 is 0 Å². The van der Waals surface area contributed by atoms with E-state index in [2.05, 4.69) is 29.1 Å². The molecular weight excluding hydrogens is 509 g/mol. The predicted octanol–water partition coefficient (Wildman–Crippen LogP) is 6.95. The Labute approximate surface area is 213 Å². The van der Waals surface area contributed by atoms with Crippen molar-refractivity contribution in [1.82, 2.24) is 19.7 Å². The van der Waals surface area contributed by atoms with E-state index in [9.17, 15) is 17.6 Å². The van der Waals surface area contributed by atoms with Crippen molar-refractivity contribution in [3.05, 3.63) is 41.6 Å². The molecule has 0 aromatic carbocycles. The number of ether oxygens (including phenoxy) is 1. The first-order chi connectivity index (χ1) is 15.7. The monoisotopic (exact) mass is 537 g/mol. The number of rotatable bonds is 6. The lowest BCUT2D eigenvalue weighted by molar-refractivity contribution is -0.140. The van der Waals surface area contributed by atoms with Gasteiger partial charge in [0.15, 0.2) is 5.82 Å². The molecule has 3 heterocycles. The number of nitrogens with one attached hydrogen (secondary N) is 1. The largest absolute Gasteiger partial charge is 0.472 e. The Kier molecular flexibility index (Phi) is 9.58. The van der Waals surface area contributed by atoms with Crippen LogP contribution in [0.3, 0.4) is 0 Å². The summed E-state index contributed by atoms with van der Waals surface area (Å²) < 4.78 is 60.8. The molecule has 0 saturated heterocycles. The Balaban J connectivity index is 0.00000216. The molecule has 194 valence electrons. The summed E-state index contributed by atoms with van der Waals surface area (Å²) in [6.07, 6.45) is 0.110. The van der Waals surface area contributed by atoms with Gasteiger partial charge in [0.05, 0.1) is 22.8 Å². The number of aromatic nitrogens is 4. The highest BCUT2D eigenvalue weighted by atomic mass is 35.5. The van der Waals surface area contributed by atoms with Crippen LogP contribution < -0.4 is 10.1 Å². The molecular formula is C23H29Cl2F4N5O. The van der Waals surface area contributed by atoms with Crippen molar-refractivity contribution in [2.24, 2.45) is 0 Å². The highest BCUT2D eigenvalue weighted by Gasteiger charge is 2.36. The van der Waals surface area contributed by atoms with Gasteiger partial charge < -0.3 is 10.1 Å². The standard InChI is InChI=1S/C23H27F4N5O.2ClH/c1-4-28-19-11-18-16(12-30-19)21(13(2)3)31-32(18)14-5-7-15(8-6-14)33-22-20(24)17(9-10-29-22)23(25,26)27;;/h9-15H,4-8H2,1-3H3,(H,28,30);2*1H/t14-,15+;;. The van der Waals surface area contributed by atoms with E-state index in [0.29, 0.717) is 31.7 Å². The number of hydrogen-bond donors (Lipinski definition) is 1. The molecule has 4 rings (SSSR count). The third kappa shape index (κ3) is 6.09. The van der Waals surface area contributed by atoms with Crippen LogP contribution in [-0.2, 0) is 6.18 Å². The summed E-state index contributed by atoms with van der Waals surface area (Å²) in [5.74, 6) is -1.05. The maximum atomic E-state index is 14.3. The molecule has 0 bridgehead atoms. The van der Waals surface area contributed by atoms with Crippen LogP contribution in [0.5, 0.6) is 5.88 Å². The fraction of sp³-hybridized carbons (Fsp3) is 0.522. The quantitative estimate of drug-likeness (QED) is 0.345. The van der Waals surface area contributed by atoms with Crippen molar-refractivity contribution >= 4 is 41.5 Å². The fourth-order valence-corrected chi connectivity index (χ4v) is 4.33. The van der Waals surface area contributed by atoms with Gasteiger partial charge in [0.1, 0.15) is 11.9 Å². The predicted molar refractivity (Wildman–Crippen MR) is 131 cm³/mol. The molecule has 1 saturated carbocycles. The molecule has 0 spiro atoms. The lowest BCUT2D eigenvalue weighted by atomic mass is 9.93. The molecule has 0 radical (unpaired) electrons. The second-order valence-electron chi connectivity index (χ2n) is 8.63. The van der Waals surface area contributed by atoms with Gasteiger partial charge in [-0.05, 0) is 44.6 Å². The lowest BCUT2D eigenvalue weighted by Gasteiger charge is -2.29. The smallest absolute Gasteiger partial charge is 0.419 e. The minimum atomic E-state index is -4.79. The number of pyridine rings is 2. The lowest BCUT2D eigenvalue weighted by Crippen LogP contribution is -2.27. The highest BCUT2D eigenvalue weighted by Crippen LogP contribution is 2.37. The molecule has 0 amide bonds. The maximum Gasteiger partial charge on any atom is 0.419 e. The van der Waals surface area contributed by atoms with Crippen LogP contribution in [-0.4, -0.2) is 32.4 Å². The van der Waals surface area contributed by atoms with Gasteiger partial charge >= 0.3 is 6.18 Å². The zero-order chi connectivity index (χ0) is 23.8. The van der Waals surface area contributed by atoms with Crippen LogP contribution in [0.4, 0.5) is 23.4 Å². The Morgan fingerprint density at radius 2 is 1.83 bits per heavy atom. The molecule has 3 aromatic heterocycles. The number of nitrogens with zero attached hydrogens (tertiary/aromatic N) is 4. The number of halogens is 6. The Hall–Kier alpha value is -2.33. The molecule has 35 heavy (non-hydrogen) atoms. The zero-order valence-corrected chi connectivity index (χ0v) is 21.2. The summed E-state index contributed by atoms with van der Waals surface area (Å²) in [5.41, 5.74) is 0.615. The average Bonchev–Trinajstić information content (AvgIpc) is 3.14. The van der Waals surface area contributed by atoms with E-state index in [1.165, 1.54) is 0 Å². The first-order valence-electron chi connectivity index (χ1n) is 11.2. The Bertz CT molecular complexity index is 1130. The van der Waals surface area contributed by atoms with Crippen molar-refractivity contribution in [2.75, 3.05) is 11.9 Å². The Morgan fingerprint density at radius 1 is 1.14 bits per heavy atom. The number of anilines is 1. The van der Waals surface area contributed by atoms with Crippen molar-refractivity contribution in [3.8, 4) is 5.88 Å². The van der Waals surface area contributed by atoms with E-state index in [1.807, 2.05) is 23.9 Å². The fourth-order valence-electron chi connectivity index (χ4n) is 4.33. The number of hydrogen-bond acceptors (Lipinski definition) is 5. The summed E-state index contributed by atoms with van der Waals surface area (Å²) in [6, 6.07) is 2.73. The molecule has 3 aromatic rings. The van der Waals surface area contributed by atoms with E-state index in [1.54, 1.807) is 0 Å². The summed E-state index contributed by atoms with van der Waals surface area (Å²) >= 11 is 0. The first-order valence-corrected chi connectivity index (χ1v) is 11.2. The summed E-state index contributed by atoms with van der Waals surface area (Å²) in [5, 5.41) is 9.13. The molecule has 1 fully saturated rings. The average molecular weight is 538 g/mol. The molecule has 0 atom stereocenters. The van der Waals surface area contributed by atoms with E-state index < -0.39 is 29.5 Å². The summed E-state index contributed by atoms with van der Waals surface area (Å²) in [6.45, 7) is 6.94. The zero-order valence-electron chi connectivity index (χ0n) is 19.6. The van der Waals surface area contributed by atoms with E-state index in [0.717, 1.165) is 35.2 Å². The van der Waals surface area contributed by atoms with Crippen LogP contribution in [0.2, 0.25) is 0 Å². The van der Waals surface area contributed by atoms with Crippen LogP contribution >= 0.6 is 24.8 Å². The molecule has 1 aliphatic rings. The number of alkyl halides is 3. The third-order valence-corrected chi connectivity index (χ3v) is 5.96. The SMILES string of the molecule is CCNc1cc2c(cn1)c(C(C)C)nn2[C@H]1CC[C@@H](Oc2nccc(C(F)(F)F)c2F)CC1.Cl.Cl. The highest BCUT2D eigenvalue weighted by molar-refractivity contribution is 5.86. The molecule has 1 N–H and O–H groups in total. The summed E-state index contributed by atoms with van der Waals surface area (Å²) in [4.78, 5) is 8.17. The van der Waals surface area contributed by atoms with Gasteiger partial charge in [0.25, 0.3) is 5.88 Å². The van der Waals surface area contributed by atoms with Crippen LogP contribution in [0.25, 0.3) is 10.9 Å². The molecule has 1 aliphatic carbocycles. The van der Waals surface area contributed by atoms with Crippen LogP contribution in [0.1, 0.15) is 69.7 Å². The van der Waals surface area contributed by atoms with Gasteiger partial charge in [-0.3, -0.25) is 4.68 Å². The van der Waals surface area contributed by atoms with Gasteiger partial charge in [-0.1, -0.05) is 13.8 Å². The maximum absolute atomic E-state index is 14.3. The second kappa shape index (κ2) is 11.6. The van der Waals surface area contributed by atoms with E-state index in [4.69, 9.17) is 9.84 Å². The third-order valence-electron chi connectivity index (χ3n) is 5.96. The van der Waals surface area contributed by atoms with Gasteiger partial charge in [-0.25, -0.2) is 14.4 Å². The normalized spacial score (nSPS) is 18.2. The topological polar surface area (TPSA) is 64.9 Å². The summed E-state index contributed by atoms with van der Waals surface area (Å²) in [7, 11) is 0. The number of fused-ring (bicyclic) bond motifs is 1. The minimum absolute atomic E-state index is 0. The van der Waals surface area contributed by atoms with Crippen molar-refractivity contribution in [1.29, 1.82) is 0 Å². The van der Waals surface area contributed by atoms with Gasteiger partial charge in [-0.15, -0.1) is 24.8 Å². The van der Waals surface area contributed by atoms with Gasteiger partial charge in [-0.2, -0.15) is 18.3 Å². The molecule has 12 heteroatoms. The minimum Gasteiger partial charge on any atom is -0.472 e. The molecule has 6 nitrogen and oxygen atoms in total. The van der Waals surface area contributed by atoms with Crippen molar-refractivity contribution in [2.45, 2.75) is 70.7 Å².